The molecule has 5 nitrogen and oxygen atoms in total. The average Bonchev–Trinajstić information content (AvgIpc) is 2.24. The van der Waals surface area contributed by atoms with Crippen LogP contribution >= 0.6 is 0 Å². The van der Waals surface area contributed by atoms with Crippen LogP contribution in [0.4, 0.5) is 0 Å². The van der Waals surface area contributed by atoms with Crippen molar-refractivity contribution in [2.75, 3.05) is 20.6 Å². The van der Waals surface area contributed by atoms with Crippen LogP contribution in [0.3, 0.4) is 0 Å². The molecule has 0 bridgehead atoms. The Bertz CT molecular complexity index is 320. The van der Waals surface area contributed by atoms with Crippen LogP contribution in [0, 0.1) is 5.92 Å². The molecule has 0 heterocycles. The second kappa shape index (κ2) is 8.25. The van der Waals surface area contributed by atoms with E-state index in [-0.39, 0.29) is 17.4 Å². The Balaban J connectivity index is 4.36. The summed E-state index contributed by atoms with van der Waals surface area (Å²) in [4.78, 5) is 25.5. The smallest absolute Gasteiger partial charge is 0.244 e. The van der Waals surface area contributed by atoms with Gasteiger partial charge in [0, 0.05) is 32.6 Å². The molecular weight excluding hydrogens is 254 g/mol. The van der Waals surface area contributed by atoms with E-state index in [1.165, 1.54) is 4.90 Å². The van der Waals surface area contributed by atoms with Gasteiger partial charge in [0.25, 0.3) is 0 Å². The zero-order chi connectivity index (χ0) is 15.9. The van der Waals surface area contributed by atoms with Crippen LogP contribution in [0.15, 0.2) is 0 Å². The Kier molecular flexibility index (Phi) is 7.79. The van der Waals surface area contributed by atoms with Gasteiger partial charge in [-0.05, 0) is 33.1 Å². The van der Waals surface area contributed by atoms with Crippen molar-refractivity contribution in [1.29, 1.82) is 0 Å². The maximum atomic E-state index is 12.0. The molecule has 2 amide bonds. The Hall–Kier alpha value is -1.10. The third kappa shape index (κ3) is 8.91. The van der Waals surface area contributed by atoms with Gasteiger partial charge in [0.05, 0.1) is 0 Å². The predicted octanol–water partition coefficient (Wildman–Crippen LogP) is 1.38. The normalized spacial score (nSPS) is 13.2. The molecule has 0 radical (unpaired) electrons. The van der Waals surface area contributed by atoms with Crippen molar-refractivity contribution in [2.45, 2.75) is 59.0 Å². The number of carbonyl (C=O) groups is 2. The molecule has 5 heteroatoms. The van der Waals surface area contributed by atoms with Crippen molar-refractivity contribution < 1.29 is 9.59 Å². The number of hydrogen-bond donors (Lipinski definition) is 2. The van der Waals surface area contributed by atoms with Crippen molar-refractivity contribution >= 4 is 11.8 Å². The van der Waals surface area contributed by atoms with Gasteiger partial charge in [-0.15, -0.1) is 0 Å². The van der Waals surface area contributed by atoms with Gasteiger partial charge in [-0.1, -0.05) is 13.8 Å². The summed E-state index contributed by atoms with van der Waals surface area (Å²) in [5, 5.41) is 6.11. The highest BCUT2D eigenvalue weighted by Gasteiger charge is 2.23. The quantitative estimate of drug-likeness (QED) is 0.743. The van der Waals surface area contributed by atoms with Crippen molar-refractivity contribution in [3.63, 3.8) is 0 Å². The van der Waals surface area contributed by atoms with Gasteiger partial charge >= 0.3 is 0 Å². The van der Waals surface area contributed by atoms with Gasteiger partial charge in [-0.25, -0.2) is 0 Å². The first-order valence-electron chi connectivity index (χ1n) is 7.28. The summed E-state index contributed by atoms with van der Waals surface area (Å²) in [7, 11) is 3.42. The zero-order valence-electron chi connectivity index (χ0n) is 14.0. The van der Waals surface area contributed by atoms with Crippen molar-refractivity contribution in [1.82, 2.24) is 15.5 Å². The van der Waals surface area contributed by atoms with Crippen LogP contribution in [-0.4, -0.2) is 48.9 Å². The highest BCUT2D eigenvalue weighted by atomic mass is 16.2. The topological polar surface area (TPSA) is 61.4 Å². The molecule has 0 aromatic heterocycles. The maximum absolute atomic E-state index is 12.0. The fourth-order valence-corrected chi connectivity index (χ4v) is 1.82. The first-order chi connectivity index (χ1) is 9.03. The lowest BCUT2D eigenvalue weighted by atomic mass is 10.0. The van der Waals surface area contributed by atoms with Gasteiger partial charge in [0.2, 0.25) is 11.8 Å². The number of hydrogen-bond acceptors (Lipinski definition) is 3. The summed E-state index contributed by atoms with van der Waals surface area (Å²) < 4.78 is 0. The second-order valence-corrected chi connectivity index (χ2v) is 6.91. The molecule has 0 aromatic rings. The van der Waals surface area contributed by atoms with Crippen LogP contribution in [-0.2, 0) is 9.59 Å². The maximum Gasteiger partial charge on any atom is 0.244 e. The Morgan fingerprint density at radius 1 is 1.15 bits per heavy atom. The first-order valence-corrected chi connectivity index (χ1v) is 7.28. The highest BCUT2D eigenvalue weighted by Crippen LogP contribution is 2.07. The number of amides is 2. The molecule has 0 spiro atoms. The van der Waals surface area contributed by atoms with Gasteiger partial charge in [0.1, 0.15) is 6.04 Å². The summed E-state index contributed by atoms with van der Waals surface area (Å²) in [6.45, 7) is 10.9. The van der Waals surface area contributed by atoms with Crippen molar-refractivity contribution in [3.05, 3.63) is 0 Å². The lowest BCUT2D eigenvalue weighted by Crippen LogP contribution is -2.47. The second-order valence-electron chi connectivity index (χ2n) is 6.91. The molecule has 0 aromatic carbocycles. The number of nitrogens with zero attached hydrogens (tertiary/aromatic N) is 1. The highest BCUT2D eigenvalue weighted by molar-refractivity contribution is 5.87. The number of rotatable bonds is 7. The van der Waals surface area contributed by atoms with E-state index in [0.717, 1.165) is 0 Å². The molecule has 0 aliphatic rings. The molecule has 1 unspecified atom stereocenters. The van der Waals surface area contributed by atoms with Crippen molar-refractivity contribution in [2.24, 2.45) is 5.92 Å². The molecule has 0 rings (SSSR count). The van der Waals surface area contributed by atoms with E-state index in [1.54, 1.807) is 14.1 Å². The standard InChI is InChI=1S/C15H31N3O2/c1-11(2)10-12(14(20)18(6)7)17-13(19)8-9-16-15(3,4)5/h11-12,16H,8-10H2,1-7H3,(H,17,19). The van der Waals surface area contributed by atoms with E-state index in [2.05, 4.69) is 31.4 Å². The minimum absolute atomic E-state index is 0.00291. The molecule has 20 heavy (non-hydrogen) atoms. The molecule has 1 atom stereocenters. The Labute approximate surface area is 123 Å². The van der Waals surface area contributed by atoms with Crippen LogP contribution in [0.1, 0.15) is 47.5 Å². The third-order valence-electron chi connectivity index (χ3n) is 2.79. The minimum Gasteiger partial charge on any atom is -0.347 e. The van der Waals surface area contributed by atoms with Gasteiger partial charge in [-0.3, -0.25) is 9.59 Å². The van der Waals surface area contributed by atoms with E-state index in [9.17, 15) is 9.59 Å². The SMILES string of the molecule is CC(C)CC(NC(=O)CCNC(C)(C)C)C(=O)N(C)C. The van der Waals surface area contributed by atoms with E-state index in [4.69, 9.17) is 0 Å². The van der Waals surface area contributed by atoms with E-state index >= 15 is 0 Å². The first kappa shape index (κ1) is 18.9. The Morgan fingerprint density at radius 2 is 1.70 bits per heavy atom. The number of carbonyl (C=O) groups excluding carboxylic acids is 2. The van der Waals surface area contributed by atoms with E-state index in [0.29, 0.717) is 25.3 Å². The molecule has 0 aliphatic heterocycles. The monoisotopic (exact) mass is 285 g/mol. The van der Waals surface area contributed by atoms with Gasteiger partial charge in [-0.2, -0.15) is 0 Å². The fraction of sp³-hybridized carbons (Fsp3) is 0.867. The van der Waals surface area contributed by atoms with Crippen molar-refractivity contribution in [3.8, 4) is 0 Å². The van der Waals surface area contributed by atoms with Crippen LogP contribution in [0.2, 0.25) is 0 Å². The molecule has 0 fully saturated rings. The molecule has 0 saturated heterocycles. The third-order valence-corrected chi connectivity index (χ3v) is 2.79. The predicted molar refractivity (Wildman–Crippen MR) is 82.5 cm³/mol. The molecular formula is C15H31N3O2. The molecule has 0 aliphatic carbocycles. The molecule has 118 valence electrons. The molecule has 0 saturated carbocycles. The van der Waals surface area contributed by atoms with Crippen LogP contribution in [0.5, 0.6) is 0 Å². The van der Waals surface area contributed by atoms with E-state index < -0.39 is 6.04 Å². The Morgan fingerprint density at radius 3 is 2.10 bits per heavy atom. The van der Waals surface area contributed by atoms with Crippen LogP contribution < -0.4 is 10.6 Å². The zero-order valence-corrected chi connectivity index (χ0v) is 14.0. The summed E-state index contributed by atoms with van der Waals surface area (Å²) in [6, 6.07) is -0.424. The van der Waals surface area contributed by atoms with Crippen LogP contribution in [0.25, 0.3) is 0 Å². The lowest BCUT2D eigenvalue weighted by Gasteiger charge is -2.24. The minimum atomic E-state index is -0.424. The largest absolute Gasteiger partial charge is 0.347 e. The summed E-state index contributed by atoms with van der Waals surface area (Å²) >= 11 is 0. The molecule has 2 N–H and O–H groups in total. The summed E-state index contributed by atoms with van der Waals surface area (Å²) in [5.74, 6) is 0.232. The summed E-state index contributed by atoms with van der Waals surface area (Å²) in [6.07, 6.45) is 1.04. The van der Waals surface area contributed by atoms with Gasteiger partial charge in [0.15, 0.2) is 0 Å². The van der Waals surface area contributed by atoms with E-state index in [1.807, 2.05) is 13.8 Å². The lowest BCUT2D eigenvalue weighted by molar-refractivity contribution is -0.134. The number of nitrogens with one attached hydrogen (secondary N) is 2. The average molecular weight is 285 g/mol. The van der Waals surface area contributed by atoms with Gasteiger partial charge < -0.3 is 15.5 Å². The summed E-state index contributed by atoms with van der Waals surface area (Å²) in [5.41, 5.74) is -0.00291. The number of likely N-dealkylation sites (N-methyl/N-ethyl adjacent to an activating group) is 1. The fourth-order valence-electron chi connectivity index (χ4n) is 1.82.